The molecule has 0 saturated carbocycles. The van der Waals surface area contributed by atoms with E-state index in [1.54, 1.807) is 6.07 Å². The van der Waals surface area contributed by atoms with Crippen molar-refractivity contribution in [3.05, 3.63) is 82.6 Å². The molecule has 0 aliphatic rings. The molecule has 28 heavy (non-hydrogen) atoms. The van der Waals surface area contributed by atoms with E-state index in [-0.39, 0.29) is 22.7 Å². The van der Waals surface area contributed by atoms with Crippen LogP contribution in [0.4, 0.5) is 14.5 Å². The van der Waals surface area contributed by atoms with Crippen molar-refractivity contribution >= 4 is 17.7 Å². The Morgan fingerprint density at radius 3 is 2.64 bits per heavy atom. The number of anilines is 1. The van der Waals surface area contributed by atoms with Crippen molar-refractivity contribution in [2.45, 2.75) is 13.8 Å². The number of hydrogen-bond donors (Lipinski definition) is 1. The number of carbonyl (C=O) groups excluding carboxylic acids is 1. The Bertz CT molecular complexity index is 1120. The summed E-state index contributed by atoms with van der Waals surface area (Å²) in [6, 6.07) is 13.4. The number of halogens is 2. The largest absolute Gasteiger partial charge is 0.457 e. The van der Waals surface area contributed by atoms with E-state index in [4.69, 9.17) is 4.42 Å². The second-order valence-electron chi connectivity index (χ2n) is 6.20. The van der Waals surface area contributed by atoms with Gasteiger partial charge in [-0.25, -0.2) is 8.78 Å². The number of carbonyl (C=O) groups is 1. The smallest absolute Gasteiger partial charge is 0.266 e. The Hall–Kier alpha value is -3.72. The molecule has 0 atom stereocenters. The minimum absolute atomic E-state index is 0.0828. The highest BCUT2D eigenvalue weighted by molar-refractivity contribution is 6.09. The van der Waals surface area contributed by atoms with E-state index < -0.39 is 17.5 Å². The predicted molar refractivity (Wildman–Crippen MR) is 102 cm³/mol. The van der Waals surface area contributed by atoms with Gasteiger partial charge < -0.3 is 9.73 Å². The van der Waals surface area contributed by atoms with E-state index in [1.165, 1.54) is 24.3 Å². The van der Waals surface area contributed by atoms with Gasteiger partial charge in [-0.3, -0.25) is 4.79 Å². The van der Waals surface area contributed by atoms with Crippen LogP contribution in [0.5, 0.6) is 0 Å². The van der Waals surface area contributed by atoms with Crippen LogP contribution in [-0.2, 0) is 4.79 Å². The van der Waals surface area contributed by atoms with Crippen molar-refractivity contribution in [3.8, 4) is 17.4 Å². The molecule has 0 fully saturated rings. The molecule has 6 heteroatoms. The standard InChI is InChI=1S/C22H16F2N2O2/c1-13-4-3-5-20(14(13)2)26-22(27)15(12-25)10-17-7-9-21(28-17)18-8-6-16(23)11-19(18)24/h3-11H,1-2H3,(H,26,27)/b15-10+. The maximum absolute atomic E-state index is 13.9. The average Bonchev–Trinajstić information content (AvgIpc) is 3.11. The molecule has 0 aliphatic heterocycles. The zero-order valence-electron chi connectivity index (χ0n) is 15.2. The number of hydrogen-bond acceptors (Lipinski definition) is 3. The second-order valence-corrected chi connectivity index (χ2v) is 6.20. The number of nitrogens with one attached hydrogen (secondary N) is 1. The number of nitrogens with zero attached hydrogens (tertiary/aromatic N) is 1. The van der Waals surface area contributed by atoms with Crippen molar-refractivity contribution in [3.63, 3.8) is 0 Å². The quantitative estimate of drug-likeness (QED) is 0.489. The fourth-order valence-electron chi connectivity index (χ4n) is 2.63. The summed E-state index contributed by atoms with van der Waals surface area (Å²) in [7, 11) is 0. The Morgan fingerprint density at radius 1 is 1.14 bits per heavy atom. The summed E-state index contributed by atoms with van der Waals surface area (Å²) in [5, 5.41) is 12.0. The first kappa shape index (κ1) is 19.1. The van der Waals surface area contributed by atoms with Crippen molar-refractivity contribution in [1.29, 1.82) is 5.26 Å². The first-order chi connectivity index (χ1) is 13.4. The third kappa shape index (κ3) is 3.99. The lowest BCUT2D eigenvalue weighted by molar-refractivity contribution is -0.112. The molecule has 3 aromatic rings. The minimum Gasteiger partial charge on any atom is -0.457 e. The zero-order chi connectivity index (χ0) is 20.3. The Labute approximate surface area is 160 Å². The van der Waals surface area contributed by atoms with Crippen LogP contribution in [0.1, 0.15) is 16.9 Å². The van der Waals surface area contributed by atoms with Gasteiger partial charge in [0.2, 0.25) is 0 Å². The first-order valence-electron chi connectivity index (χ1n) is 8.43. The SMILES string of the molecule is Cc1cccc(NC(=O)/C(C#N)=C/c2ccc(-c3ccc(F)cc3F)o2)c1C. The number of benzene rings is 2. The van der Waals surface area contributed by atoms with E-state index in [0.29, 0.717) is 5.69 Å². The minimum atomic E-state index is -0.766. The van der Waals surface area contributed by atoms with Crippen LogP contribution in [0.3, 0.4) is 0 Å². The van der Waals surface area contributed by atoms with Crippen molar-refractivity contribution in [2.24, 2.45) is 0 Å². The molecular formula is C22H16F2N2O2. The molecule has 0 saturated heterocycles. The van der Waals surface area contributed by atoms with Gasteiger partial charge in [-0.1, -0.05) is 12.1 Å². The molecule has 0 aliphatic carbocycles. The normalized spacial score (nSPS) is 11.2. The van der Waals surface area contributed by atoms with E-state index in [9.17, 15) is 18.8 Å². The van der Waals surface area contributed by atoms with Crippen molar-refractivity contribution in [2.75, 3.05) is 5.32 Å². The summed E-state index contributed by atoms with van der Waals surface area (Å²) >= 11 is 0. The number of furan rings is 1. The van der Waals surface area contributed by atoms with Crippen molar-refractivity contribution in [1.82, 2.24) is 0 Å². The highest BCUT2D eigenvalue weighted by atomic mass is 19.1. The fourth-order valence-corrected chi connectivity index (χ4v) is 2.63. The molecule has 4 nitrogen and oxygen atoms in total. The Kier molecular flexibility index (Phi) is 5.37. The molecule has 0 radical (unpaired) electrons. The average molecular weight is 378 g/mol. The summed E-state index contributed by atoms with van der Waals surface area (Å²) in [5.74, 6) is -1.68. The van der Waals surface area contributed by atoms with Crippen LogP contribution in [0.2, 0.25) is 0 Å². The van der Waals surface area contributed by atoms with Gasteiger partial charge in [0.15, 0.2) is 0 Å². The molecule has 0 unspecified atom stereocenters. The molecule has 0 spiro atoms. The van der Waals surface area contributed by atoms with Crippen LogP contribution in [-0.4, -0.2) is 5.91 Å². The van der Waals surface area contributed by atoms with Gasteiger partial charge in [0.25, 0.3) is 5.91 Å². The fraction of sp³-hybridized carbons (Fsp3) is 0.0909. The molecule has 1 amide bonds. The van der Waals surface area contributed by atoms with Crippen LogP contribution in [0.25, 0.3) is 17.4 Å². The molecule has 3 rings (SSSR count). The monoisotopic (exact) mass is 378 g/mol. The highest BCUT2D eigenvalue weighted by Crippen LogP contribution is 2.27. The predicted octanol–water partition coefficient (Wildman–Crippen LogP) is 5.39. The number of nitriles is 1. The molecule has 1 heterocycles. The maximum atomic E-state index is 13.9. The molecule has 1 aromatic heterocycles. The van der Waals surface area contributed by atoms with E-state index in [0.717, 1.165) is 23.3 Å². The van der Waals surface area contributed by atoms with Crippen LogP contribution >= 0.6 is 0 Å². The topological polar surface area (TPSA) is 66.0 Å². The first-order valence-corrected chi connectivity index (χ1v) is 8.43. The van der Waals surface area contributed by atoms with Crippen LogP contribution in [0, 0.1) is 36.8 Å². The van der Waals surface area contributed by atoms with Crippen LogP contribution in [0.15, 0.2) is 58.5 Å². The van der Waals surface area contributed by atoms with Crippen LogP contribution < -0.4 is 5.32 Å². The third-order valence-electron chi connectivity index (χ3n) is 4.33. The zero-order valence-corrected chi connectivity index (χ0v) is 15.2. The van der Waals surface area contributed by atoms with E-state index in [2.05, 4.69) is 5.32 Å². The maximum Gasteiger partial charge on any atom is 0.266 e. The molecular weight excluding hydrogens is 362 g/mol. The van der Waals surface area contributed by atoms with Gasteiger partial charge in [-0.05, 0) is 55.3 Å². The summed E-state index contributed by atoms with van der Waals surface area (Å²) in [4.78, 5) is 12.4. The molecule has 140 valence electrons. The van der Waals surface area contributed by atoms with Gasteiger partial charge in [-0.15, -0.1) is 0 Å². The Morgan fingerprint density at radius 2 is 1.93 bits per heavy atom. The van der Waals surface area contributed by atoms with Gasteiger partial charge in [0.1, 0.15) is 34.8 Å². The lowest BCUT2D eigenvalue weighted by Crippen LogP contribution is -2.14. The number of rotatable bonds is 4. The highest BCUT2D eigenvalue weighted by Gasteiger charge is 2.14. The van der Waals surface area contributed by atoms with Crippen molar-refractivity contribution < 1.29 is 18.0 Å². The van der Waals surface area contributed by atoms with E-state index >= 15 is 0 Å². The molecule has 0 bridgehead atoms. The summed E-state index contributed by atoms with van der Waals surface area (Å²) < 4.78 is 32.4. The van der Waals surface area contributed by atoms with Gasteiger partial charge in [-0.2, -0.15) is 5.26 Å². The second kappa shape index (κ2) is 7.89. The lowest BCUT2D eigenvalue weighted by atomic mass is 10.1. The number of aryl methyl sites for hydroxylation is 1. The van der Waals surface area contributed by atoms with E-state index in [1.807, 2.05) is 32.0 Å². The molecule has 1 N–H and O–H groups in total. The Balaban J connectivity index is 1.85. The molecule has 2 aromatic carbocycles. The van der Waals surface area contributed by atoms with Gasteiger partial charge in [0.05, 0.1) is 5.56 Å². The number of amides is 1. The summed E-state index contributed by atoms with van der Waals surface area (Å²) in [6.07, 6.45) is 1.27. The third-order valence-corrected chi connectivity index (χ3v) is 4.33. The lowest BCUT2D eigenvalue weighted by Gasteiger charge is -2.09. The van der Waals surface area contributed by atoms with Gasteiger partial charge >= 0.3 is 0 Å². The summed E-state index contributed by atoms with van der Waals surface area (Å²) in [5.41, 5.74) is 2.44. The van der Waals surface area contributed by atoms with Gasteiger partial charge in [0, 0.05) is 17.8 Å². The summed E-state index contributed by atoms with van der Waals surface area (Å²) in [6.45, 7) is 3.79.